The summed E-state index contributed by atoms with van der Waals surface area (Å²) >= 11 is 0. The van der Waals surface area contributed by atoms with Crippen LogP contribution in [0.1, 0.15) is 39.9 Å². The summed E-state index contributed by atoms with van der Waals surface area (Å²) in [5.41, 5.74) is 0.207. The molecule has 1 aromatic heterocycles. The Morgan fingerprint density at radius 3 is 2.65 bits per heavy atom. The van der Waals surface area contributed by atoms with Crippen molar-refractivity contribution in [3.05, 3.63) is 24.2 Å². The second kappa shape index (κ2) is 6.82. The Labute approximate surface area is 105 Å². The third-order valence-electron chi connectivity index (χ3n) is 2.68. The van der Waals surface area contributed by atoms with Crippen LogP contribution in [0.5, 0.6) is 0 Å². The van der Waals surface area contributed by atoms with Crippen LogP contribution in [0.15, 0.2) is 22.8 Å². The Hall–Kier alpha value is -0.800. The first-order valence-electron chi connectivity index (χ1n) is 6.48. The normalized spacial score (nSPS) is 13.9. The average Bonchev–Trinajstić information content (AvgIpc) is 2.73. The number of hydrogen-bond acceptors (Lipinski definition) is 3. The molecule has 1 heterocycles. The Morgan fingerprint density at radius 1 is 1.29 bits per heavy atom. The molecule has 98 valence electrons. The molecule has 0 aliphatic carbocycles. The molecule has 1 atom stereocenters. The highest BCUT2D eigenvalue weighted by atomic mass is 16.3. The number of nitrogens with one attached hydrogen (secondary N) is 2. The van der Waals surface area contributed by atoms with E-state index < -0.39 is 0 Å². The van der Waals surface area contributed by atoms with Crippen LogP contribution in [0.3, 0.4) is 0 Å². The summed E-state index contributed by atoms with van der Waals surface area (Å²) < 4.78 is 5.31. The van der Waals surface area contributed by atoms with Gasteiger partial charge in [0.15, 0.2) is 0 Å². The highest BCUT2D eigenvalue weighted by molar-refractivity contribution is 4.98. The maximum Gasteiger partial charge on any atom is 0.103 e. The molecule has 3 heteroatoms. The molecule has 0 fully saturated rings. The van der Waals surface area contributed by atoms with Gasteiger partial charge in [-0.3, -0.25) is 0 Å². The first-order chi connectivity index (χ1) is 7.97. The van der Waals surface area contributed by atoms with Gasteiger partial charge < -0.3 is 15.1 Å². The van der Waals surface area contributed by atoms with Gasteiger partial charge in [0.05, 0.1) is 6.26 Å². The summed E-state index contributed by atoms with van der Waals surface area (Å²) in [4.78, 5) is 0. The SMILES string of the molecule is CC(CCc1ccco1)NCCNC(C)(C)C. The minimum absolute atomic E-state index is 0.207. The van der Waals surface area contributed by atoms with Crippen molar-refractivity contribution in [3.8, 4) is 0 Å². The topological polar surface area (TPSA) is 37.2 Å². The standard InChI is InChI=1S/C14H26N2O/c1-12(7-8-13-6-5-11-17-13)15-9-10-16-14(2,3)4/h5-6,11-12,15-16H,7-10H2,1-4H3. The van der Waals surface area contributed by atoms with E-state index in [1.807, 2.05) is 12.1 Å². The molecule has 0 saturated carbocycles. The van der Waals surface area contributed by atoms with E-state index in [1.54, 1.807) is 6.26 Å². The minimum Gasteiger partial charge on any atom is -0.469 e. The number of furan rings is 1. The molecular formula is C14H26N2O. The molecule has 1 aromatic rings. The van der Waals surface area contributed by atoms with Crippen molar-refractivity contribution >= 4 is 0 Å². The summed E-state index contributed by atoms with van der Waals surface area (Å²) in [6.07, 6.45) is 3.86. The minimum atomic E-state index is 0.207. The number of hydrogen-bond donors (Lipinski definition) is 2. The van der Waals surface area contributed by atoms with Crippen LogP contribution >= 0.6 is 0 Å². The Bertz CT molecular complexity index is 288. The Balaban J connectivity index is 2.03. The highest BCUT2D eigenvalue weighted by Gasteiger charge is 2.08. The summed E-state index contributed by atoms with van der Waals surface area (Å²) in [6, 6.07) is 4.51. The first kappa shape index (κ1) is 14.3. The third-order valence-corrected chi connectivity index (χ3v) is 2.68. The molecule has 0 radical (unpaired) electrons. The number of rotatable bonds is 7. The van der Waals surface area contributed by atoms with Crippen molar-refractivity contribution in [1.82, 2.24) is 10.6 Å². The largest absolute Gasteiger partial charge is 0.469 e. The van der Waals surface area contributed by atoms with Crippen molar-refractivity contribution in [2.45, 2.75) is 52.1 Å². The molecule has 0 amide bonds. The third kappa shape index (κ3) is 7.18. The molecule has 17 heavy (non-hydrogen) atoms. The zero-order valence-corrected chi connectivity index (χ0v) is 11.5. The van der Waals surface area contributed by atoms with Crippen molar-refractivity contribution in [1.29, 1.82) is 0 Å². The average molecular weight is 238 g/mol. The van der Waals surface area contributed by atoms with Gasteiger partial charge in [-0.15, -0.1) is 0 Å². The van der Waals surface area contributed by atoms with E-state index in [0.29, 0.717) is 6.04 Å². The molecule has 0 aliphatic rings. The number of aryl methyl sites for hydroxylation is 1. The molecule has 0 aromatic carbocycles. The summed E-state index contributed by atoms with van der Waals surface area (Å²) in [5.74, 6) is 1.08. The van der Waals surface area contributed by atoms with Gasteiger partial charge in [-0.05, 0) is 46.2 Å². The van der Waals surface area contributed by atoms with Gasteiger partial charge >= 0.3 is 0 Å². The predicted molar refractivity (Wildman–Crippen MR) is 72.2 cm³/mol. The fourth-order valence-corrected chi connectivity index (χ4v) is 1.67. The maximum absolute atomic E-state index is 5.31. The smallest absolute Gasteiger partial charge is 0.103 e. The Morgan fingerprint density at radius 2 is 2.06 bits per heavy atom. The molecule has 3 nitrogen and oxygen atoms in total. The zero-order valence-electron chi connectivity index (χ0n) is 11.5. The van der Waals surface area contributed by atoms with Gasteiger partial charge in [0.2, 0.25) is 0 Å². The van der Waals surface area contributed by atoms with Crippen LogP contribution in [0.4, 0.5) is 0 Å². The molecule has 1 unspecified atom stereocenters. The van der Waals surface area contributed by atoms with Gasteiger partial charge in [0, 0.05) is 31.1 Å². The summed E-state index contributed by atoms with van der Waals surface area (Å²) in [6.45, 7) is 10.8. The van der Waals surface area contributed by atoms with Gasteiger partial charge in [-0.25, -0.2) is 0 Å². The second-order valence-electron chi connectivity index (χ2n) is 5.65. The van der Waals surface area contributed by atoms with E-state index in [-0.39, 0.29) is 5.54 Å². The van der Waals surface area contributed by atoms with Crippen molar-refractivity contribution in [2.75, 3.05) is 13.1 Å². The first-order valence-corrected chi connectivity index (χ1v) is 6.48. The van der Waals surface area contributed by atoms with Gasteiger partial charge in [-0.1, -0.05) is 0 Å². The van der Waals surface area contributed by atoms with Gasteiger partial charge in [0.1, 0.15) is 5.76 Å². The second-order valence-corrected chi connectivity index (χ2v) is 5.65. The summed E-state index contributed by atoms with van der Waals surface area (Å²) in [7, 11) is 0. The van der Waals surface area contributed by atoms with Crippen LogP contribution in [0.25, 0.3) is 0 Å². The van der Waals surface area contributed by atoms with Gasteiger partial charge in [0.25, 0.3) is 0 Å². The summed E-state index contributed by atoms with van der Waals surface area (Å²) in [5, 5.41) is 6.98. The van der Waals surface area contributed by atoms with Crippen molar-refractivity contribution in [2.24, 2.45) is 0 Å². The quantitative estimate of drug-likeness (QED) is 0.717. The van der Waals surface area contributed by atoms with E-state index in [1.165, 1.54) is 0 Å². The highest BCUT2D eigenvalue weighted by Crippen LogP contribution is 2.05. The maximum atomic E-state index is 5.31. The molecule has 0 aliphatic heterocycles. The van der Waals surface area contributed by atoms with E-state index in [4.69, 9.17) is 4.42 Å². The van der Waals surface area contributed by atoms with E-state index in [0.717, 1.165) is 31.7 Å². The van der Waals surface area contributed by atoms with E-state index >= 15 is 0 Å². The lowest BCUT2D eigenvalue weighted by Crippen LogP contribution is -2.41. The fourth-order valence-electron chi connectivity index (χ4n) is 1.67. The molecule has 2 N–H and O–H groups in total. The lowest BCUT2D eigenvalue weighted by molar-refractivity contribution is 0.405. The molecule has 0 saturated heterocycles. The Kier molecular flexibility index (Phi) is 5.72. The van der Waals surface area contributed by atoms with E-state index in [2.05, 4.69) is 38.3 Å². The lowest BCUT2D eigenvalue weighted by atomic mass is 10.1. The molecule has 0 bridgehead atoms. The lowest BCUT2D eigenvalue weighted by Gasteiger charge is -2.21. The monoisotopic (exact) mass is 238 g/mol. The molecule has 1 rings (SSSR count). The molecular weight excluding hydrogens is 212 g/mol. The zero-order chi connectivity index (χ0) is 12.7. The van der Waals surface area contributed by atoms with Gasteiger partial charge in [-0.2, -0.15) is 0 Å². The predicted octanol–water partition coefficient (Wildman–Crippen LogP) is 2.58. The van der Waals surface area contributed by atoms with Crippen LogP contribution in [0.2, 0.25) is 0 Å². The van der Waals surface area contributed by atoms with Crippen LogP contribution in [-0.4, -0.2) is 24.7 Å². The van der Waals surface area contributed by atoms with E-state index in [9.17, 15) is 0 Å². The van der Waals surface area contributed by atoms with Crippen LogP contribution in [0, 0.1) is 0 Å². The molecule has 0 spiro atoms. The van der Waals surface area contributed by atoms with Crippen LogP contribution in [-0.2, 0) is 6.42 Å². The van der Waals surface area contributed by atoms with Crippen LogP contribution < -0.4 is 10.6 Å². The van der Waals surface area contributed by atoms with Crippen molar-refractivity contribution < 1.29 is 4.42 Å². The fraction of sp³-hybridized carbons (Fsp3) is 0.714. The van der Waals surface area contributed by atoms with Crippen molar-refractivity contribution in [3.63, 3.8) is 0 Å².